The molecular weight excluding hydrogens is 336 g/mol. The number of ether oxygens (including phenoxy) is 2. The lowest BCUT2D eigenvalue weighted by Crippen LogP contribution is -2.16. The Morgan fingerprint density at radius 2 is 1.85 bits per heavy atom. The average molecular weight is 360 g/mol. The van der Waals surface area contributed by atoms with Gasteiger partial charge in [-0.25, -0.2) is 0 Å². The summed E-state index contributed by atoms with van der Waals surface area (Å²) in [6, 6.07) is 18.5. The minimum Gasteiger partial charge on any atom is -0.497 e. The van der Waals surface area contributed by atoms with Crippen molar-refractivity contribution in [2.24, 2.45) is 0 Å². The third kappa shape index (κ3) is 4.12. The van der Waals surface area contributed by atoms with Crippen LogP contribution in [0.15, 0.2) is 60.8 Å². The molecule has 27 heavy (non-hydrogen) atoms. The molecule has 4 heteroatoms. The summed E-state index contributed by atoms with van der Waals surface area (Å²) in [7, 11) is 1.69. The van der Waals surface area contributed by atoms with Crippen LogP contribution >= 0.6 is 0 Å². The second-order valence-corrected chi connectivity index (χ2v) is 6.71. The van der Waals surface area contributed by atoms with Crippen LogP contribution < -0.4 is 14.8 Å². The Kier molecular flexibility index (Phi) is 5.35. The van der Waals surface area contributed by atoms with E-state index in [1.165, 1.54) is 11.1 Å². The van der Waals surface area contributed by atoms with E-state index < -0.39 is 0 Å². The molecule has 0 atom stereocenters. The van der Waals surface area contributed by atoms with E-state index >= 15 is 0 Å². The van der Waals surface area contributed by atoms with Gasteiger partial charge < -0.3 is 14.8 Å². The van der Waals surface area contributed by atoms with Gasteiger partial charge in [0, 0.05) is 11.8 Å². The molecule has 3 aromatic rings. The molecule has 0 unspecified atom stereocenters. The van der Waals surface area contributed by atoms with Crippen LogP contribution in [0.1, 0.15) is 16.8 Å². The average Bonchev–Trinajstić information content (AvgIpc) is 2.97. The van der Waals surface area contributed by atoms with Crippen molar-refractivity contribution in [2.45, 2.75) is 19.4 Å². The molecule has 0 saturated carbocycles. The van der Waals surface area contributed by atoms with E-state index in [9.17, 15) is 0 Å². The Morgan fingerprint density at radius 1 is 0.963 bits per heavy atom. The van der Waals surface area contributed by atoms with Crippen molar-refractivity contribution in [3.8, 4) is 22.6 Å². The molecule has 0 saturated heterocycles. The van der Waals surface area contributed by atoms with Crippen LogP contribution in [0.3, 0.4) is 0 Å². The molecule has 0 amide bonds. The number of rotatable bonds is 5. The lowest BCUT2D eigenvalue weighted by Gasteiger charge is -2.15. The van der Waals surface area contributed by atoms with Crippen molar-refractivity contribution in [1.29, 1.82) is 0 Å². The van der Waals surface area contributed by atoms with E-state index in [-0.39, 0.29) is 0 Å². The number of hydrogen-bond donors (Lipinski definition) is 1. The zero-order valence-corrected chi connectivity index (χ0v) is 15.6. The number of nitrogens with zero attached hydrogens (tertiary/aromatic N) is 1. The van der Waals surface area contributed by atoms with E-state index in [1.54, 1.807) is 13.3 Å². The Morgan fingerprint density at radius 3 is 2.67 bits per heavy atom. The topological polar surface area (TPSA) is 43.4 Å². The lowest BCUT2D eigenvalue weighted by atomic mass is 9.96. The summed E-state index contributed by atoms with van der Waals surface area (Å²) >= 11 is 0. The molecule has 4 rings (SSSR count). The third-order valence-corrected chi connectivity index (χ3v) is 4.95. The number of hydrogen-bond acceptors (Lipinski definition) is 4. The number of benzene rings is 2. The summed E-state index contributed by atoms with van der Waals surface area (Å²) in [5.74, 6) is 1.67. The molecule has 4 nitrogen and oxygen atoms in total. The second kappa shape index (κ2) is 8.23. The van der Waals surface area contributed by atoms with Gasteiger partial charge in [-0.2, -0.15) is 0 Å². The summed E-state index contributed by atoms with van der Waals surface area (Å²) < 4.78 is 11.6. The highest BCUT2D eigenvalue weighted by Crippen LogP contribution is 2.35. The van der Waals surface area contributed by atoms with E-state index in [2.05, 4.69) is 28.5 Å². The number of fused-ring (bicyclic) bond motifs is 1. The van der Waals surface area contributed by atoms with Crippen molar-refractivity contribution in [3.05, 3.63) is 77.6 Å². The molecule has 0 fully saturated rings. The molecule has 138 valence electrons. The molecular formula is C23H24N2O2. The van der Waals surface area contributed by atoms with E-state index in [0.717, 1.165) is 54.3 Å². The quantitative estimate of drug-likeness (QED) is 0.746. The first-order valence-electron chi connectivity index (χ1n) is 9.37. The maximum Gasteiger partial charge on any atom is 0.130 e. The molecule has 1 aliphatic rings. The van der Waals surface area contributed by atoms with Crippen molar-refractivity contribution < 1.29 is 9.47 Å². The monoisotopic (exact) mass is 360 g/mol. The molecule has 0 aliphatic carbocycles. The molecule has 1 aromatic heterocycles. The molecule has 2 aromatic carbocycles. The van der Waals surface area contributed by atoms with Gasteiger partial charge in [0.25, 0.3) is 0 Å². The smallest absolute Gasteiger partial charge is 0.130 e. The number of nitrogens with one attached hydrogen (secondary N) is 1. The van der Waals surface area contributed by atoms with Crippen LogP contribution in [-0.4, -0.2) is 25.2 Å². The summed E-state index contributed by atoms with van der Waals surface area (Å²) in [5.41, 5.74) is 5.96. The highest BCUT2D eigenvalue weighted by molar-refractivity contribution is 5.73. The van der Waals surface area contributed by atoms with Crippen molar-refractivity contribution in [1.82, 2.24) is 10.3 Å². The summed E-state index contributed by atoms with van der Waals surface area (Å²) in [6.45, 7) is 2.51. The van der Waals surface area contributed by atoms with Gasteiger partial charge in [0.05, 0.1) is 12.8 Å². The predicted octanol–water partition coefficient (Wildman–Crippen LogP) is 4.02. The van der Waals surface area contributed by atoms with Crippen molar-refractivity contribution in [3.63, 3.8) is 0 Å². The molecule has 2 heterocycles. The van der Waals surface area contributed by atoms with Crippen LogP contribution in [0.25, 0.3) is 11.1 Å². The summed E-state index contributed by atoms with van der Waals surface area (Å²) in [6.07, 6.45) is 3.92. The van der Waals surface area contributed by atoms with Crippen LogP contribution in [0.5, 0.6) is 11.5 Å². The summed E-state index contributed by atoms with van der Waals surface area (Å²) in [4.78, 5) is 4.34. The van der Waals surface area contributed by atoms with Gasteiger partial charge >= 0.3 is 0 Å². The lowest BCUT2D eigenvalue weighted by molar-refractivity contribution is 0.302. The van der Waals surface area contributed by atoms with Gasteiger partial charge in [0.1, 0.15) is 18.1 Å². The number of aromatic nitrogens is 1. The Bertz CT molecular complexity index is 910. The van der Waals surface area contributed by atoms with Gasteiger partial charge in [0.15, 0.2) is 0 Å². The summed E-state index contributed by atoms with van der Waals surface area (Å²) in [5, 5.41) is 3.47. The first kappa shape index (κ1) is 17.6. The maximum absolute atomic E-state index is 6.12. The van der Waals surface area contributed by atoms with Gasteiger partial charge in [-0.1, -0.05) is 24.3 Å². The highest BCUT2D eigenvalue weighted by atomic mass is 16.5. The van der Waals surface area contributed by atoms with Crippen molar-refractivity contribution >= 4 is 0 Å². The van der Waals surface area contributed by atoms with E-state index in [1.807, 2.05) is 36.4 Å². The first-order chi connectivity index (χ1) is 13.3. The van der Waals surface area contributed by atoms with Gasteiger partial charge in [-0.3, -0.25) is 4.98 Å². The minimum absolute atomic E-state index is 0.440. The molecule has 0 spiro atoms. The molecule has 1 N–H and O–H groups in total. The Balaban J connectivity index is 1.67. The van der Waals surface area contributed by atoms with Gasteiger partial charge in [0.2, 0.25) is 0 Å². The van der Waals surface area contributed by atoms with E-state index in [0.29, 0.717) is 6.61 Å². The fourth-order valence-corrected chi connectivity index (χ4v) is 3.46. The normalized spacial score (nSPS) is 13.5. The van der Waals surface area contributed by atoms with Crippen molar-refractivity contribution in [2.75, 3.05) is 20.2 Å². The highest BCUT2D eigenvalue weighted by Gasteiger charge is 2.13. The van der Waals surface area contributed by atoms with Crippen LogP contribution in [-0.2, 0) is 19.4 Å². The largest absolute Gasteiger partial charge is 0.497 e. The van der Waals surface area contributed by atoms with Gasteiger partial charge in [-0.05, 0) is 73.0 Å². The standard InChI is InChI=1S/C23H24N2O2/c1-26-21-7-8-23(27-16-20-4-2-3-11-25-20)22(15-21)19-6-5-17-9-12-24-13-10-18(17)14-19/h2-8,11,14-15,24H,9-10,12-13,16H2,1H3. The first-order valence-corrected chi connectivity index (χ1v) is 9.37. The van der Waals surface area contributed by atoms with Gasteiger partial charge in [-0.15, -0.1) is 0 Å². The van der Waals surface area contributed by atoms with Crippen LogP contribution in [0, 0.1) is 0 Å². The van der Waals surface area contributed by atoms with E-state index in [4.69, 9.17) is 9.47 Å². The van der Waals surface area contributed by atoms with Crippen LogP contribution in [0.4, 0.5) is 0 Å². The molecule has 1 aliphatic heterocycles. The number of methoxy groups -OCH3 is 1. The molecule has 0 bridgehead atoms. The second-order valence-electron chi connectivity index (χ2n) is 6.71. The fourth-order valence-electron chi connectivity index (χ4n) is 3.46. The van der Waals surface area contributed by atoms with Crippen LogP contribution in [0.2, 0.25) is 0 Å². The minimum atomic E-state index is 0.440. The Hall–Kier alpha value is -2.85. The zero-order chi connectivity index (χ0) is 18.5. The maximum atomic E-state index is 6.12. The SMILES string of the molecule is COc1ccc(OCc2ccccn2)c(-c2ccc3c(c2)CCNCC3)c1. The number of pyridine rings is 1. The predicted molar refractivity (Wildman–Crippen MR) is 107 cm³/mol. The zero-order valence-electron chi connectivity index (χ0n) is 15.6. The molecule has 0 radical (unpaired) electrons. The Labute approximate surface area is 160 Å². The fraction of sp³-hybridized carbons (Fsp3) is 0.261. The third-order valence-electron chi connectivity index (χ3n) is 4.95.